The van der Waals surface area contributed by atoms with Crippen LogP contribution in [0.25, 0.3) is 11.5 Å². The average molecular weight is 431 g/mol. The van der Waals surface area contributed by atoms with Crippen LogP contribution < -0.4 is 14.2 Å². The van der Waals surface area contributed by atoms with Gasteiger partial charge in [-0.3, -0.25) is 4.79 Å². The van der Waals surface area contributed by atoms with E-state index < -0.39 is 19.0 Å². The Morgan fingerprint density at radius 2 is 1.87 bits per heavy atom. The van der Waals surface area contributed by atoms with Crippen LogP contribution in [0, 0.1) is 0 Å². The SMILES string of the molecule is CCOc1cc(-c2nc(C(C(C)=O)c3ccccc3OCC(F)F)co2)ccc1OC. The number of aromatic nitrogens is 1. The number of benzene rings is 2. The van der Waals surface area contributed by atoms with E-state index in [4.69, 9.17) is 18.6 Å². The zero-order valence-corrected chi connectivity index (χ0v) is 17.4. The predicted octanol–water partition coefficient (Wildman–Crippen LogP) is 5.11. The van der Waals surface area contributed by atoms with E-state index in [1.165, 1.54) is 13.2 Å². The Labute approximate surface area is 178 Å². The molecule has 8 heteroatoms. The van der Waals surface area contributed by atoms with Crippen molar-refractivity contribution in [3.8, 4) is 28.7 Å². The van der Waals surface area contributed by atoms with Crippen LogP contribution in [0.3, 0.4) is 0 Å². The van der Waals surface area contributed by atoms with Crippen LogP contribution in [0.1, 0.15) is 31.0 Å². The second-order valence-corrected chi connectivity index (χ2v) is 6.66. The molecule has 0 radical (unpaired) electrons. The number of methoxy groups -OCH3 is 1. The third-order valence-electron chi connectivity index (χ3n) is 4.53. The van der Waals surface area contributed by atoms with Gasteiger partial charge in [0.05, 0.1) is 25.3 Å². The minimum absolute atomic E-state index is 0.204. The normalized spacial score (nSPS) is 11.9. The van der Waals surface area contributed by atoms with Crippen molar-refractivity contribution < 1.29 is 32.2 Å². The van der Waals surface area contributed by atoms with Gasteiger partial charge in [-0.15, -0.1) is 0 Å². The van der Waals surface area contributed by atoms with E-state index in [0.717, 1.165) is 0 Å². The molecule has 0 amide bonds. The van der Waals surface area contributed by atoms with Gasteiger partial charge >= 0.3 is 0 Å². The number of ketones is 1. The van der Waals surface area contributed by atoms with Crippen LogP contribution in [0.2, 0.25) is 0 Å². The number of carbonyl (C=O) groups excluding carboxylic acids is 1. The van der Waals surface area contributed by atoms with E-state index in [1.807, 2.05) is 6.92 Å². The van der Waals surface area contributed by atoms with Crippen LogP contribution >= 0.6 is 0 Å². The van der Waals surface area contributed by atoms with Crippen LogP contribution in [-0.4, -0.2) is 37.5 Å². The highest BCUT2D eigenvalue weighted by atomic mass is 19.3. The van der Waals surface area contributed by atoms with Crippen molar-refractivity contribution in [3.63, 3.8) is 0 Å². The molecule has 3 aromatic rings. The number of para-hydroxylation sites is 1. The monoisotopic (exact) mass is 431 g/mol. The fraction of sp³-hybridized carbons (Fsp3) is 0.304. The van der Waals surface area contributed by atoms with Crippen molar-refractivity contribution in [2.24, 2.45) is 0 Å². The predicted molar refractivity (Wildman–Crippen MR) is 110 cm³/mol. The van der Waals surface area contributed by atoms with Crippen molar-refractivity contribution >= 4 is 5.78 Å². The van der Waals surface area contributed by atoms with Gasteiger partial charge in [0.1, 0.15) is 24.4 Å². The molecule has 1 atom stereocenters. The summed E-state index contributed by atoms with van der Waals surface area (Å²) in [6, 6.07) is 11.8. The molecular formula is C23H23F2NO5. The summed E-state index contributed by atoms with van der Waals surface area (Å²) in [7, 11) is 1.55. The smallest absolute Gasteiger partial charge is 0.272 e. The first-order chi connectivity index (χ1) is 14.9. The Hall–Kier alpha value is -3.42. The maximum atomic E-state index is 12.6. The third-order valence-corrected chi connectivity index (χ3v) is 4.53. The summed E-state index contributed by atoms with van der Waals surface area (Å²) in [6.45, 7) is 2.96. The lowest BCUT2D eigenvalue weighted by Gasteiger charge is -2.16. The highest BCUT2D eigenvalue weighted by Crippen LogP contribution is 2.36. The number of ether oxygens (including phenoxy) is 3. The number of hydrogen-bond acceptors (Lipinski definition) is 6. The standard InChI is InChI=1S/C23H23F2NO5/c1-4-29-20-11-15(9-10-19(20)28-3)23-26-17(12-31-23)22(14(2)27)16-7-5-6-8-18(16)30-13-21(24)25/h5-12,21-22H,4,13H2,1-3H3. The van der Waals surface area contributed by atoms with E-state index in [2.05, 4.69) is 4.98 Å². The van der Waals surface area contributed by atoms with Crippen LogP contribution in [0.5, 0.6) is 17.2 Å². The molecule has 31 heavy (non-hydrogen) atoms. The molecule has 164 valence electrons. The van der Waals surface area contributed by atoms with Gasteiger partial charge in [0.2, 0.25) is 5.89 Å². The highest BCUT2D eigenvalue weighted by molar-refractivity contribution is 5.87. The number of oxazole rings is 1. The molecule has 1 aromatic heterocycles. The summed E-state index contributed by atoms with van der Waals surface area (Å²) in [6.07, 6.45) is -1.24. The van der Waals surface area contributed by atoms with E-state index >= 15 is 0 Å². The van der Waals surface area contributed by atoms with E-state index in [9.17, 15) is 13.6 Å². The molecule has 0 aliphatic heterocycles. The Kier molecular flexibility index (Phi) is 7.23. The first-order valence-corrected chi connectivity index (χ1v) is 9.71. The quantitative estimate of drug-likeness (QED) is 0.444. The molecule has 1 heterocycles. The number of carbonyl (C=O) groups is 1. The molecule has 0 bridgehead atoms. The molecule has 3 rings (SSSR count). The van der Waals surface area contributed by atoms with Gasteiger partial charge in [0.25, 0.3) is 6.43 Å². The lowest BCUT2D eigenvalue weighted by atomic mass is 9.92. The zero-order chi connectivity index (χ0) is 22.4. The van der Waals surface area contributed by atoms with Crippen molar-refractivity contribution in [1.29, 1.82) is 0 Å². The number of rotatable bonds is 10. The Morgan fingerprint density at radius 1 is 1.10 bits per heavy atom. The second-order valence-electron chi connectivity index (χ2n) is 6.66. The summed E-state index contributed by atoms with van der Waals surface area (Å²) in [5.41, 5.74) is 1.43. The van der Waals surface area contributed by atoms with Crippen molar-refractivity contribution in [2.45, 2.75) is 26.2 Å². The summed E-state index contributed by atoms with van der Waals surface area (Å²) >= 11 is 0. The lowest BCUT2D eigenvalue weighted by molar-refractivity contribution is -0.117. The number of hydrogen-bond donors (Lipinski definition) is 0. The van der Waals surface area contributed by atoms with Gasteiger partial charge in [-0.2, -0.15) is 0 Å². The largest absolute Gasteiger partial charge is 0.493 e. The average Bonchev–Trinajstić information content (AvgIpc) is 3.22. The first kappa shape index (κ1) is 22.3. The van der Waals surface area contributed by atoms with Gasteiger partial charge in [0, 0.05) is 11.1 Å². The maximum absolute atomic E-state index is 12.6. The lowest BCUT2D eigenvalue weighted by Crippen LogP contribution is -2.14. The molecule has 0 aliphatic rings. The first-order valence-electron chi connectivity index (χ1n) is 9.71. The molecule has 0 N–H and O–H groups in total. The second kappa shape index (κ2) is 10.1. The van der Waals surface area contributed by atoms with Crippen LogP contribution in [-0.2, 0) is 4.79 Å². The van der Waals surface area contributed by atoms with Gasteiger partial charge in [0.15, 0.2) is 11.5 Å². The number of nitrogens with zero attached hydrogens (tertiary/aromatic N) is 1. The summed E-state index contributed by atoms with van der Waals surface area (Å²) in [4.78, 5) is 17.0. The molecule has 0 saturated heterocycles. The van der Waals surface area contributed by atoms with E-state index in [-0.39, 0.29) is 17.4 Å². The molecule has 0 fully saturated rings. The van der Waals surface area contributed by atoms with Crippen molar-refractivity contribution in [2.75, 3.05) is 20.3 Å². The molecule has 2 aromatic carbocycles. The topological polar surface area (TPSA) is 70.8 Å². The van der Waals surface area contributed by atoms with Gasteiger partial charge < -0.3 is 18.6 Å². The molecule has 6 nitrogen and oxygen atoms in total. The fourth-order valence-corrected chi connectivity index (χ4v) is 3.22. The van der Waals surface area contributed by atoms with Crippen molar-refractivity contribution in [3.05, 3.63) is 60.0 Å². The minimum Gasteiger partial charge on any atom is -0.493 e. The third kappa shape index (κ3) is 5.20. The molecule has 0 spiro atoms. The number of alkyl halides is 2. The molecule has 1 unspecified atom stereocenters. The Balaban J connectivity index is 1.96. The van der Waals surface area contributed by atoms with Gasteiger partial charge in [-0.25, -0.2) is 13.8 Å². The van der Waals surface area contributed by atoms with E-state index in [1.54, 1.807) is 49.6 Å². The molecular weight excluding hydrogens is 408 g/mol. The fourth-order valence-electron chi connectivity index (χ4n) is 3.22. The van der Waals surface area contributed by atoms with Gasteiger partial charge in [-0.1, -0.05) is 18.2 Å². The molecule has 0 aliphatic carbocycles. The van der Waals surface area contributed by atoms with Gasteiger partial charge in [-0.05, 0) is 38.1 Å². The minimum atomic E-state index is -2.63. The Bertz CT molecular complexity index is 1030. The van der Waals surface area contributed by atoms with Crippen LogP contribution in [0.15, 0.2) is 53.1 Å². The van der Waals surface area contributed by atoms with E-state index in [0.29, 0.717) is 34.9 Å². The molecule has 0 saturated carbocycles. The summed E-state index contributed by atoms with van der Waals surface area (Å²) < 4.78 is 47.0. The summed E-state index contributed by atoms with van der Waals surface area (Å²) in [5.74, 6) is 0.556. The maximum Gasteiger partial charge on any atom is 0.272 e. The van der Waals surface area contributed by atoms with Crippen LogP contribution in [0.4, 0.5) is 8.78 Å². The zero-order valence-electron chi connectivity index (χ0n) is 17.4. The highest BCUT2D eigenvalue weighted by Gasteiger charge is 2.27. The number of Topliss-reactive ketones (excluding diaryl/α,β-unsaturated/α-hetero) is 1. The van der Waals surface area contributed by atoms with Crippen molar-refractivity contribution in [1.82, 2.24) is 4.98 Å². The Morgan fingerprint density at radius 3 is 2.55 bits per heavy atom. The number of halogens is 2. The summed E-state index contributed by atoms with van der Waals surface area (Å²) in [5, 5.41) is 0.